The van der Waals surface area contributed by atoms with Crippen LogP contribution in [0.1, 0.15) is 21.5 Å². The monoisotopic (exact) mass is 349 g/mol. The molecular formula is C23H15N3O. The molecule has 4 nitrogen and oxygen atoms in total. The number of aromatic nitrogens is 2. The van der Waals surface area contributed by atoms with Crippen molar-refractivity contribution in [2.75, 3.05) is 0 Å². The molecule has 0 spiro atoms. The number of allylic oxidation sites excluding steroid dienone is 1. The first kappa shape index (κ1) is 16.5. The number of nitriles is 1. The van der Waals surface area contributed by atoms with Gasteiger partial charge in [0.2, 0.25) is 0 Å². The van der Waals surface area contributed by atoms with E-state index >= 15 is 0 Å². The molecule has 0 amide bonds. The van der Waals surface area contributed by atoms with Gasteiger partial charge in [-0.1, -0.05) is 36.4 Å². The molecule has 2 heterocycles. The minimum atomic E-state index is 0.561. The van der Waals surface area contributed by atoms with Gasteiger partial charge in [-0.05, 0) is 35.9 Å². The summed E-state index contributed by atoms with van der Waals surface area (Å²) in [5.74, 6) is 0. The maximum atomic E-state index is 11.4. The molecule has 128 valence electrons. The molecule has 0 radical (unpaired) electrons. The molecule has 4 rings (SSSR count). The normalized spacial score (nSPS) is 11.3. The Morgan fingerprint density at radius 3 is 2.56 bits per heavy atom. The highest BCUT2D eigenvalue weighted by Gasteiger charge is 2.08. The zero-order valence-electron chi connectivity index (χ0n) is 14.4. The van der Waals surface area contributed by atoms with Crippen LogP contribution < -0.4 is 0 Å². The molecule has 4 aromatic rings. The van der Waals surface area contributed by atoms with Gasteiger partial charge in [0, 0.05) is 40.8 Å². The predicted molar refractivity (Wildman–Crippen MR) is 106 cm³/mol. The van der Waals surface area contributed by atoms with Crippen LogP contribution in [0.15, 0.2) is 79.3 Å². The van der Waals surface area contributed by atoms with Crippen molar-refractivity contribution < 1.29 is 4.79 Å². The van der Waals surface area contributed by atoms with E-state index in [1.807, 2.05) is 77.5 Å². The molecule has 0 aliphatic heterocycles. The summed E-state index contributed by atoms with van der Waals surface area (Å²) in [6.07, 6.45) is 7.92. The zero-order valence-corrected chi connectivity index (χ0v) is 14.4. The van der Waals surface area contributed by atoms with E-state index in [1.165, 1.54) is 0 Å². The maximum absolute atomic E-state index is 11.4. The lowest BCUT2D eigenvalue weighted by Gasteiger charge is -2.06. The van der Waals surface area contributed by atoms with E-state index in [1.54, 1.807) is 12.4 Å². The zero-order chi connectivity index (χ0) is 18.6. The van der Waals surface area contributed by atoms with E-state index in [0.717, 1.165) is 34.0 Å². The fraction of sp³-hybridized carbons (Fsp3) is 0. The smallest absolute Gasteiger partial charge is 0.152 e. The number of nitrogens with zero attached hydrogens (tertiary/aromatic N) is 3. The van der Waals surface area contributed by atoms with Crippen molar-refractivity contribution in [1.29, 1.82) is 5.26 Å². The Morgan fingerprint density at radius 1 is 1.04 bits per heavy atom. The molecule has 2 aromatic carbocycles. The Morgan fingerprint density at radius 2 is 1.85 bits per heavy atom. The number of carbonyl (C=O) groups excluding carboxylic acids is 1. The molecule has 2 aromatic heterocycles. The summed E-state index contributed by atoms with van der Waals surface area (Å²) >= 11 is 0. The van der Waals surface area contributed by atoms with Gasteiger partial charge in [0.15, 0.2) is 6.29 Å². The second-order valence-corrected chi connectivity index (χ2v) is 6.09. The van der Waals surface area contributed by atoms with Crippen molar-refractivity contribution in [2.24, 2.45) is 0 Å². The Labute approximate surface area is 156 Å². The Balaban J connectivity index is 1.72. The average Bonchev–Trinajstić information content (AvgIpc) is 3.12. The Hall–Kier alpha value is -3.97. The summed E-state index contributed by atoms with van der Waals surface area (Å²) < 4.78 is 2.00. The topological polar surface area (TPSA) is 58.7 Å². The third kappa shape index (κ3) is 3.14. The van der Waals surface area contributed by atoms with Crippen LogP contribution >= 0.6 is 0 Å². The van der Waals surface area contributed by atoms with Gasteiger partial charge in [0.1, 0.15) is 0 Å². The van der Waals surface area contributed by atoms with Crippen molar-refractivity contribution in [2.45, 2.75) is 0 Å². The van der Waals surface area contributed by atoms with Crippen LogP contribution in [0.2, 0.25) is 0 Å². The van der Waals surface area contributed by atoms with E-state index in [9.17, 15) is 10.1 Å². The predicted octanol–water partition coefficient (Wildman–Crippen LogP) is 4.90. The van der Waals surface area contributed by atoms with Crippen molar-refractivity contribution in [3.8, 4) is 11.8 Å². The number of aldehydes is 1. The number of carbonyl (C=O) groups is 1. The molecule has 0 atom stereocenters. The Kier molecular flexibility index (Phi) is 4.34. The lowest BCUT2D eigenvalue weighted by molar-refractivity contribution is 0.112. The summed E-state index contributed by atoms with van der Waals surface area (Å²) in [6, 6.07) is 21.6. The minimum absolute atomic E-state index is 0.561. The van der Waals surface area contributed by atoms with Gasteiger partial charge >= 0.3 is 0 Å². The van der Waals surface area contributed by atoms with Crippen molar-refractivity contribution in [3.63, 3.8) is 0 Å². The Bertz CT molecular complexity index is 1180. The number of pyridine rings is 1. The molecule has 0 bridgehead atoms. The van der Waals surface area contributed by atoms with Crippen molar-refractivity contribution >= 4 is 28.8 Å². The summed E-state index contributed by atoms with van der Waals surface area (Å²) in [5, 5.41) is 10.4. The molecule has 0 aliphatic rings. The van der Waals surface area contributed by atoms with E-state index < -0.39 is 0 Å². The highest BCUT2D eigenvalue weighted by molar-refractivity contribution is 5.98. The molecule has 0 aliphatic carbocycles. The van der Waals surface area contributed by atoms with Crippen LogP contribution in [-0.2, 0) is 0 Å². The van der Waals surface area contributed by atoms with E-state index in [4.69, 9.17) is 0 Å². The number of hydrogen-bond acceptors (Lipinski definition) is 3. The average molecular weight is 349 g/mol. The number of hydrogen-bond donors (Lipinski definition) is 0. The molecule has 27 heavy (non-hydrogen) atoms. The van der Waals surface area contributed by atoms with Gasteiger partial charge in [0.05, 0.1) is 17.2 Å². The molecule has 0 saturated carbocycles. The van der Waals surface area contributed by atoms with Gasteiger partial charge < -0.3 is 4.57 Å². The van der Waals surface area contributed by atoms with E-state index in [-0.39, 0.29) is 0 Å². The van der Waals surface area contributed by atoms with Gasteiger partial charge in [-0.25, -0.2) is 0 Å². The second kappa shape index (κ2) is 7.11. The fourth-order valence-electron chi connectivity index (χ4n) is 3.11. The summed E-state index contributed by atoms with van der Waals surface area (Å²) in [5.41, 5.74) is 4.87. The van der Waals surface area contributed by atoms with Crippen LogP contribution in [0.5, 0.6) is 0 Å². The maximum Gasteiger partial charge on any atom is 0.152 e. The third-order valence-corrected chi connectivity index (χ3v) is 4.44. The molecule has 0 N–H and O–H groups in total. The largest absolute Gasteiger partial charge is 0.316 e. The molecule has 4 heteroatoms. The van der Waals surface area contributed by atoms with Gasteiger partial charge in [-0.3, -0.25) is 9.78 Å². The van der Waals surface area contributed by atoms with Crippen LogP contribution in [0.3, 0.4) is 0 Å². The van der Waals surface area contributed by atoms with Gasteiger partial charge in [-0.2, -0.15) is 5.26 Å². The summed E-state index contributed by atoms with van der Waals surface area (Å²) in [7, 11) is 0. The molecule has 0 saturated heterocycles. The number of para-hydroxylation sites is 1. The first-order valence-corrected chi connectivity index (χ1v) is 8.48. The fourth-order valence-corrected chi connectivity index (χ4v) is 3.11. The molecular weight excluding hydrogens is 334 g/mol. The van der Waals surface area contributed by atoms with Gasteiger partial charge in [-0.15, -0.1) is 0 Å². The highest BCUT2D eigenvalue weighted by Crippen LogP contribution is 2.25. The third-order valence-electron chi connectivity index (χ3n) is 4.44. The summed E-state index contributed by atoms with van der Waals surface area (Å²) in [6.45, 7) is 0. The van der Waals surface area contributed by atoms with Crippen molar-refractivity contribution in [3.05, 3.63) is 95.9 Å². The van der Waals surface area contributed by atoms with E-state index in [0.29, 0.717) is 11.1 Å². The van der Waals surface area contributed by atoms with Gasteiger partial charge in [0.25, 0.3) is 0 Å². The SMILES string of the molecule is N#C/C(=C\c1ccc(-n2cc(C=O)c3ccccc32)cc1)c1cccnc1. The first-order chi connectivity index (χ1) is 13.3. The van der Waals surface area contributed by atoms with Crippen LogP contribution in [-0.4, -0.2) is 15.8 Å². The number of benzene rings is 2. The lowest BCUT2D eigenvalue weighted by atomic mass is 10.1. The van der Waals surface area contributed by atoms with Crippen molar-refractivity contribution in [1.82, 2.24) is 9.55 Å². The minimum Gasteiger partial charge on any atom is -0.316 e. The van der Waals surface area contributed by atoms with Crippen LogP contribution in [0.25, 0.3) is 28.2 Å². The standard InChI is InChI=1S/C23H15N3O/c24-13-19(18-4-3-11-25-14-18)12-17-7-9-21(10-8-17)26-15-20(16-27)22-5-1-2-6-23(22)26/h1-12,14-16H/b19-12+. The molecule has 0 fully saturated rings. The lowest BCUT2D eigenvalue weighted by Crippen LogP contribution is -1.91. The molecule has 0 unspecified atom stereocenters. The summed E-state index contributed by atoms with van der Waals surface area (Å²) in [4.78, 5) is 15.4. The van der Waals surface area contributed by atoms with Crippen LogP contribution in [0, 0.1) is 11.3 Å². The van der Waals surface area contributed by atoms with Crippen LogP contribution in [0.4, 0.5) is 0 Å². The quantitative estimate of drug-likeness (QED) is 0.389. The number of fused-ring (bicyclic) bond motifs is 1. The van der Waals surface area contributed by atoms with E-state index in [2.05, 4.69) is 11.1 Å². The first-order valence-electron chi connectivity index (χ1n) is 8.48. The second-order valence-electron chi connectivity index (χ2n) is 6.09. The highest BCUT2D eigenvalue weighted by atomic mass is 16.1. The number of rotatable bonds is 4.